The highest BCUT2D eigenvalue weighted by Crippen LogP contribution is 2.38. The summed E-state index contributed by atoms with van der Waals surface area (Å²) in [5.74, 6) is 0.138. The maximum Gasteiger partial charge on any atom is 0.339 e. The third-order valence-electron chi connectivity index (χ3n) is 3.35. The zero-order chi connectivity index (χ0) is 14.8. The van der Waals surface area contributed by atoms with E-state index in [2.05, 4.69) is 0 Å². The maximum atomic E-state index is 11.3. The molecule has 108 valence electrons. The Morgan fingerprint density at radius 2 is 1.95 bits per heavy atom. The molecule has 3 rings (SSSR count). The van der Waals surface area contributed by atoms with Crippen molar-refractivity contribution in [3.63, 3.8) is 0 Å². The van der Waals surface area contributed by atoms with Crippen LogP contribution in [-0.4, -0.2) is 17.9 Å². The number of carboxylic acids is 1. The molecule has 5 nitrogen and oxygen atoms in total. The summed E-state index contributed by atoms with van der Waals surface area (Å²) < 4.78 is 16.1. The Morgan fingerprint density at radius 1 is 1.24 bits per heavy atom. The van der Waals surface area contributed by atoms with Crippen molar-refractivity contribution in [2.24, 2.45) is 0 Å². The minimum Gasteiger partial charge on any atom is -0.488 e. The van der Waals surface area contributed by atoms with E-state index in [1.165, 1.54) is 6.07 Å². The van der Waals surface area contributed by atoms with Crippen molar-refractivity contribution in [1.29, 1.82) is 0 Å². The molecule has 0 atom stereocenters. The van der Waals surface area contributed by atoms with Crippen molar-refractivity contribution in [1.82, 2.24) is 0 Å². The van der Waals surface area contributed by atoms with Crippen LogP contribution in [0.25, 0.3) is 0 Å². The first-order valence-corrected chi connectivity index (χ1v) is 6.49. The first-order chi connectivity index (χ1) is 10.1. The molecule has 1 aliphatic rings. The van der Waals surface area contributed by atoms with E-state index in [4.69, 9.17) is 14.2 Å². The number of rotatable bonds is 4. The largest absolute Gasteiger partial charge is 0.488 e. The fourth-order valence-electron chi connectivity index (χ4n) is 2.14. The van der Waals surface area contributed by atoms with Crippen LogP contribution in [0.5, 0.6) is 17.2 Å². The summed E-state index contributed by atoms with van der Waals surface area (Å²) in [5, 5.41) is 9.27. The van der Waals surface area contributed by atoms with E-state index in [0.717, 1.165) is 11.1 Å². The molecule has 0 radical (unpaired) electrons. The van der Waals surface area contributed by atoms with E-state index in [0.29, 0.717) is 18.1 Å². The second-order valence-electron chi connectivity index (χ2n) is 4.72. The molecule has 1 heterocycles. The van der Waals surface area contributed by atoms with Gasteiger partial charge < -0.3 is 19.3 Å². The van der Waals surface area contributed by atoms with E-state index in [1.54, 1.807) is 6.07 Å². The minimum atomic E-state index is -1.06. The molecular formula is C16H14O5. The zero-order valence-electron chi connectivity index (χ0n) is 11.5. The van der Waals surface area contributed by atoms with Gasteiger partial charge in [0.05, 0.1) is 0 Å². The van der Waals surface area contributed by atoms with Gasteiger partial charge in [-0.1, -0.05) is 24.3 Å². The molecule has 1 aliphatic heterocycles. The normalized spacial score (nSPS) is 12.2. The number of carbonyl (C=O) groups is 1. The molecule has 0 saturated carbocycles. The van der Waals surface area contributed by atoms with Gasteiger partial charge in [-0.15, -0.1) is 0 Å². The summed E-state index contributed by atoms with van der Waals surface area (Å²) >= 11 is 0. The number of hydrogen-bond donors (Lipinski definition) is 1. The Labute approximate surface area is 121 Å². The average molecular weight is 286 g/mol. The fraction of sp³-hybridized carbons (Fsp3) is 0.188. The van der Waals surface area contributed by atoms with Crippen LogP contribution in [0, 0.1) is 6.92 Å². The van der Waals surface area contributed by atoms with E-state index >= 15 is 0 Å². The third kappa shape index (κ3) is 2.63. The Bertz CT molecular complexity index is 693. The molecule has 1 N–H and O–H groups in total. The van der Waals surface area contributed by atoms with E-state index in [-0.39, 0.29) is 18.1 Å². The van der Waals surface area contributed by atoms with Gasteiger partial charge in [0.15, 0.2) is 11.5 Å². The van der Waals surface area contributed by atoms with Crippen LogP contribution in [0.1, 0.15) is 21.5 Å². The van der Waals surface area contributed by atoms with Crippen molar-refractivity contribution < 1.29 is 24.1 Å². The van der Waals surface area contributed by atoms with Gasteiger partial charge in [-0.3, -0.25) is 0 Å². The highest BCUT2D eigenvalue weighted by molar-refractivity contribution is 5.92. The highest BCUT2D eigenvalue weighted by Gasteiger charge is 2.21. The van der Waals surface area contributed by atoms with Crippen LogP contribution < -0.4 is 14.2 Å². The summed E-state index contributed by atoms with van der Waals surface area (Å²) in [7, 11) is 0. The Kier molecular flexibility index (Phi) is 3.39. The van der Waals surface area contributed by atoms with Gasteiger partial charge in [0.2, 0.25) is 6.79 Å². The molecule has 2 aromatic rings. The lowest BCUT2D eigenvalue weighted by Gasteiger charge is -2.11. The zero-order valence-corrected chi connectivity index (χ0v) is 11.5. The Morgan fingerprint density at radius 3 is 2.67 bits per heavy atom. The molecular weight excluding hydrogens is 272 g/mol. The maximum absolute atomic E-state index is 11.3. The molecule has 0 spiro atoms. The summed E-state index contributed by atoms with van der Waals surface area (Å²) in [6.45, 7) is 2.37. The minimum absolute atomic E-state index is 0.0628. The van der Waals surface area contributed by atoms with Crippen molar-refractivity contribution in [2.45, 2.75) is 13.5 Å². The van der Waals surface area contributed by atoms with Gasteiger partial charge in [0, 0.05) is 12.1 Å². The number of hydrogen-bond acceptors (Lipinski definition) is 4. The number of benzene rings is 2. The van der Waals surface area contributed by atoms with Gasteiger partial charge >= 0.3 is 5.97 Å². The molecule has 0 fully saturated rings. The van der Waals surface area contributed by atoms with Gasteiger partial charge in [-0.25, -0.2) is 4.79 Å². The number of aromatic carboxylic acids is 1. The first kappa shape index (κ1) is 13.3. The van der Waals surface area contributed by atoms with E-state index < -0.39 is 5.97 Å². The van der Waals surface area contributed by atoms with E-state index in [9.17, 15) is 9.90 Å². The van der Waals surface area contributed by atoms with Crippen LogP contribution in [-0.2, 0) is 6.61 Å². The van der Waals surface area contributed by atoms with Gasteiger partial charge in [-0.2, -0.15) is 0 Å². The molecule has 5 heteroatoms. The van der Waals surface area contributed by atoms with Crippen LogP contribution in [0.2, 0.25) is 0 Å². The lowest BCUT2D eigenvalue weighted by atomic mass is 10.1. The monoisotopic (exact) mass is 286 g/mol. The Hall–Kier alpha value is -2.69. The summed E-state index contributed by atoms with van der Waals surface area (Å²) in [6.07, 6.45) is 0. The van der Waals surface area contributed by atoms with Crippen molar-refractivity contribution >= 4 is 5.97 Å². The second kappa shape index (κ2) is 5.36. The standard InChI is InChI=1S/C16H14O5/c1-10-4-2-3-5-11(10)8-19-13-7-15-14(20-9-21-15)6-12(13)16(17)18/h2-7H,8-9H2,1H3,(H,17,18). The highest BCUT2D eigenvalue weighted by atomic mass is 16.7. The van der Waals surface area contributed by atoms with Crippen molar-refractivity contribution in [2.75, 3.05) is 6.79 Å². The molecule has 0 saturated heterocycles. The predicted molar refractivity (Wildman–Crippen MR) is 75.0 cm³/mol. The topological polar surface area (TPSA) is 65.0 Å². The van der Waals surface area contributed by atoms with E-state index in [1.807, 2.05) is 31.2 Å². The van der Waals surface area contributed by atoms with Crippen LogP contribution >= 0.6 is 0 Å². The first-order valence-electron chi connectivity index (χ1n) is 6.49. The summed E-state index contributed by atoms with van der Waals surface area (Å²) in [6, 6.07) is 10.8. The Balaban J connectivity index is 1.88. The number of aryl methyl sites for hydroxylation is 1. The molecule has 0 aromatic heterocycles. The smallest absolute Gasteiger partial charge is 0.339 e. The molecule has 2 aromatic carbocycles. The fourth-order valence-corrected chi connectivity index (χ4v) is 2.14. The number of fused-ring (bicyclic) bond motifs is 1. The SMILES string of the molecule is Cc1ccccc1COc1cc2c(cc1C(=O)O)OCO2. The van der Waals surface area contributed by atoms with Crippen molar-refractivity contribution in [3.8, 4) is 17.2 Å². The van der Waals surface area contributed by atoms with Gasteiger partial charge in [0.25, 0.3) is 0 Å². The number of carboxylic acid groups (broad SMARTS) is 1. The molecule has 0 unspecified atom stereocenters. The lowest BCUT2D eigenvalue weighted by molar-refractivity contribution is 0.0691. The molecule has 21 heavy (non-hydrogen) atoms. The van der Waals surface area contributed by atoms with Crippen LogP contribution in [0.15, 0.2) is 36.4 Å². The second-order valence-corrected chi connectivity index (χ2v) is 4.72. The summed E-state index contributed by atoms with van der Waals surface area (Å²) in [5.41, 5.74) is 2.16. The van der Waals surface area contributed by atoms with Crippen molar-refractivity contribution in [3.05, 3.63) is 53.1 Å². The number of ether oxygens (including phenoxy) is 3. The molecule has 0 amide bonds. The third-order valence-corrected chi connectivity index (χ3v) is 3.35. The van der Waals surface area contributed by atoms with Gasteiger partial charge in [-0.05, 0) is 18.1 Å². The molecule has 0 bridgehead atoms. The van der Waals surface area contributed by atoms with Crippen LogP contribution in [0.3, 0.4) is 0 Å². The average Bonchev–Trinajstić information content (AvgIpc) is 2.92. The molecule has 0 aliphatic carbocycles. The lowest BCUT2D eigenvalue weighted by Crippen LogP contribution is -2.04. The predicted octanol–water partition coefficient (Wildman–Crippen LogP) is 3.00. The quantitative estimate of drug-likeness (QED) is 0.936. The van der Waals surface area contributed by atoms with Gasteiger partial charge in [0.1, 0.15) is 17.9 Å². The summed E-state index contributed by atoms with van der Waals surface area (Å²) in [4.78, 5) is 11.3. The van der Waals surface area contributed by atoms with Crippen LogP contribution in [0.4, 0.5) is 0 Å².